The predicted octanol–water partition coefficient (Wildman–Crippen LogP) is 1.71. The topological polar surface area (TPSA) is 58.3 Å². The normalized spacial score (nSPS) is 25.1. The number of phenols is 1. The summed E-state index contributed by atoms with van der Waals surface area (Å²) in [4.78, 5) is 0. The van der Waals surface area contributed by atoms with E-state index in [1.807, 2.05) is 6.07 Å². The first-order valence-corrected chi connectivity index (χ1v) is 4.93. The third-order valence-electron chi connectivity index (χ3n) is 3.11. The van der Waals surface area contributed by atoms with Crippen LogP contribution in [0.25, 0.3) is 0 Å². The Morgan fingerprint density at radius 3 is 2.79 bits per heavy atom. The Bertz CT molecular complexity index is 363. The molecule has 14 heavy (non-hydrogen) atoms. The van der Waals surface area contributed by atoms with Gasteiger partial charge in [0, 0.05) is 5.56 Å². The number of hydrogen-bond acceptors (Lipinski definition) is 3. The van der Waals surface area contributed by atoms with Gasteiger partial charge in [-0.05, 0) is 36.5 Å². The van der Waals surface area contributed by atoms with Crippen molar-refractivity contribution < 1.29 is 5.11 Å². The monoisotopic (exact) mass is 192 g/mol. The van der Waals surface area contributed by atoms with E-state index in [0.29, 0.717) is 11.7 Å². The van der Waals surface area contributed by atoms with Crippen LogP contribution in [0.15, 0.2) is 12.1 Å². The number of aromatic hydroxyl groups is 1. The van der Waals surface area contributed by atoms with Crippen LogP contribution in [0, 0.1) is 6.92 Å². The minimum atomic E-state index is 0.0971. The second-order valence-electron chi connectivity index (χ2n) is 4.08. The third kappa shape index (κ3) is 1.21. The molecular formula is C11H16N2O. The number of phenolic OH excluding ortho intramolecular Hbond substituents is 1. The van der Waals surface area contributed by atoms with Gasteiger partial charge in [-0.3, -0.25) is 11.3 Å². The number of fused-ring (bicyclic) bond motifs is 1. The number of rotatable bonds is 1. The fourth-order valence-corrected chi connectivity index (χ4v) is 2.49. The third-order valence-corrected chi connectivity index (χ3v) is 3.11. The van der Waals surface area contributed by atoms with E-state index in [0.717, 1.165) is 12.0 Å². The van der Waals surface area contributed by atoms with Gasteiger partial charge in [0.05, 0.1) is 6.04 Å². The summed E-state index contributed by atoms with van der Waals surface area (Å²) in [5.41, 5.74) is 6.24. The molecule has 3 nitrogen and oxygen atoms in total. The Labute approximate surface area is 83.9 Å². The van der Waals surface area contributed by atoms with E-state index in [9.17, 15) is 5.11 Å². The molecule has 1 aromatic carbocycles. The van der Waals surface area contributed by atoms with Gasteiger partial charge in [-0.2, -0.15) is 0 Å². The average Bonchev–Trinajstić information content (AvgIpc) is 2.50. The van der Waals surface area contributed by atoms with E-state index in [1.165, 1.54) is 11.1 Å². The van der Waals surface area contributed by atoms with Crippen LogP contribution < -0.4 is 11.3 Å². The van der Waals surface area contributed by atoms with Crippen molar-refractivity contribution in [2.75, 3.05) is 0 Å². The highest BCUT2D eigenvalue weighted by atomic mass is 16.3. The molecular weight excluding hydrogens is 176 g/mol. The van der Waals surface area contributed by atoms with Crippen molar-refractivity contribution in [3.8, 4) is 5.75 Å². The summed E-state index contributed by atoms with van der Waals surface area (Å²) in [5.74, 6) is 6.30. The smallest absolute Gasteiger partial charge is 0.120 e. The van der Waals surface area contributed by atoms with Crippen molar-refractivity contribution in [3.63, 3.8) is 0 Å². The maximum atomic E-state index is 9.78. The molecule has 0 radical (unpaired) electrons. The first-order chi connectivity index (χ1) is 6.65. The number of aryl methyl sites for hydroxylation is 1. The van der Waals surface area contributed by atoms with Gasteiger partial charge in [0.1, 0.15) is 5.75 Å². The molecule has 0 aliphatic heterocycles. The fourth-order valence-electron chi connectivity index (χ4n) is 2.49. The molecule has 3 heteroatoms. The molecule has 1 aliphatic rings. The summed E-state index contributed by atoms with van der Waals surface area (Å²) in [5, 5.41) is 9.78. The van der Waals surface area contributed by atoms with E-state index in [-0.39, 0.29) is 6.04 Å². The highest BCUT2D eigenvalue weighted by molar-refractivity contribution is 5.50. The van der Waals surface area contributed by atoms with Gasteiger partial charge >= 0.3 is 0 Å². The Balaban J connectivity index is 2.60. The lowest BCUT2D eigenvalue weighted by atomic mass is 9.97. The second-order valence-corrected chi connectivity index (χ2v) is 4.08. The maximum absolute atomic E-state index is 9.78. The van der Waals surface area contributed by atoms with Gasteiger partial charge < -0.3 is 5.11 Å². The van der Waals surface area contributed by atoms with E-state index in [4.69, 9.17) is 5.84 Å². The molecule has 2 atom stereocenters. The Morgan fingerprint density at radius 2 is 2.14 bits per heavy atom. The molecule has 0 fully saturated rings. The molecule has 76 valence electrons. The van der Waals surface area contributed by atoms with Gasteiger partial charge in [-0.25, -0.2) is 0 Å². The summed E-state index contributed by atoms with van der Waals surface area (Å²) in [6, 6.07) is 3.81. The summed E-state index contributed by atoms with van der Waals surface area (Å²) in [7, 11) is 0. The van der Waals surface area contributed by atoms with E-state index >= 15 is 0 Å². The van der Waals surface area contributed by atoms with Crippen LogP contribution in [-0.4, -0.2) is 5.11 Å². The van der Waals surface area contributed by atoms with Crippen molar-refractivity contribution in [1.82, 2.24) is 5.43 Å². The van der Waals surface area contributed by atoms with Crippen LogP contribution in [0.5, 0.6) is 5.75 Å². The largest absolute Gasteiger partial charge is 0.508 e. The Hall–Kier alpha value is -1.06. The standard InChI is InChI=1S/C11H16N2O/c1-6-3-4-9(14)11-8(13-12)5-7(2)10(6)11/h3-4,7-8,13-14H,5,12H2,1-2H3/t7-,8-/m1/s1. The lowest BCUT2D eigenvalue weighted by molar-refractivity contribution is 0.449. The highest BCUT2D eigenvalue weighted by Crippen LogP contribution is 2.45. The van der Waals surface area contributed by atoms with Crippen LogP contribution in [0.1, 0.15) is 42.0 Å². The van der Waals surface area contributed by atoms with Gasteiger partial charge in [0.25, 0.3) is 0 Å². The summed E-state index contributed by atoms with van der Waals surface area (Å²) in [6.07, 6.45) is 0.963. The van der Waals surface area contributed by atoms with Gasteiger partial charge in [-0.1, -0.05) is 13.0 Å². The predicted molar refractivity (Wildman–Crippen MR) is 55.9 cm³/mol. The molecule has 0 bridgehead atoms. The van der Waals surface area contributed by atoms with Crippen LogP contribution in [-0.2, 0) is 0 Å². The van der Waals surface area contributed by atoms with E-state index in [2.05, 4.69) is 19.3 Å². The van der Waals surface area contributed by atoms with Crippen LogP contribution >= 0.6 is 0 Å². The number of benzene rings is 1. The zero-order valence-corrected chi connectivity index (χ0v) is 8.54. The lowest BCUT2D eigenvalue weighted by Crippen LogP contribution is -2.26. The highest BCUT2D eigenvalue weighted by Gasteiger charge is 2.31. The number of hydrazine groups is 1. The van der Waals surface area contributed by atoms with Crippen molar-refractivity contribution in [2.24, 2.45) is 5.84 Å². The molecule has 0 aromatic heterocycles. The van der Waals surface area contributed by atoms with Crippen molar-refractivity contribution in [2.45, 2.75) is 32.2 Å². The molecule has 0 amide bonds. The molecule has 0 saturated heterocycles. The van der Waals surface area contributed by atoms with Crippen molar-refractivity contribution >= 4 is 0 Å². The zero-order chi connectivity index (χ0) is 10.3. The van der Waals surface area contributed by atoms with Gasteiger partial charge in [0.15, 0.2) is 0 Å². The molecule has 0 heterocycles. The maximum Gasteiger partial charge on any atom is 0.120 e. The first kappa shape index (κ1) is 9.49. The Kier molecular flexibility index (Phi) is 2.21. The summed E-state index contributed by atoms with van der Waals surface area (Å²) < 4.78 is 0. The Morgan fingerprint density at radius 1 is 1.43 bits per heavy atom. The molecule has 0 spiro atoms. The molecule has 0 saturated carbocycles. The van der Waals surface area contributed by atoms with Crippen LogP contribution in [0.3, 0.4) is 0 Å². The second kappa shape index (κ2) is 3.26. The molecule has 1 aromatic rings. The number of nitrogens with one attached hydrogen (secondary N) is 1. The van der Waals surface area contributed by atoms with E-state index in [1.54, 1.807) is 6.07 Å². The summed E-state index contributed by atoms with van der Waals surface area (Å²) >= 11 is 0. The van der Waals surface area contributed by atoms with Crippen LogP contribution in [0.4, 0.5) is 0 Å². The SMILES string of the molecule is Cc1ccc(O)c2c1[C@H](C)C[C@H]2NN. The fraction of sp³-hybridized carbons (Fsp3) is 0.455. The van der Waals surface area contributed by atoms with Crippen LogP contribution in [0.2, 0.25) is 0 Å². The van der Waals surface area contributed by atoms with Crippen molar-refractivity contribution in [1.29, 1.82) is 0 Å². The van der Waals surface area contributed by atoms with Gasteiger partial charge in [0.2, 0.25) is 0 Å². The quantitative estimate of drug-likeness (QED) is 0.469. The zero-order valence-electron chi connectivity index (χ0n) is 8.54. The minimum absolute atomic E-state index is 0.0971. The lowest BCUT2D eigenvalue weighted by Gasteiger charge is -2.12. The molecule has 1 aliphatic carbocycles. The summed E-state index contributed by atoms with van der Waals surface area (Å²) in [6.45, 7) is 4.25. The molecule has 2 rings (SSSR count). The number of nitrogens with two attached hydrogens (primary N) is 1. The molecule has 4 N–H and O–H groups in total. The first-order valence-electron chi connectivity index (χ1n) is 4.93. The van der Waals surface area contributed by atoms with Gasteiger partial charge in [-0.15, -0.1) is 0 Å². The van der Waals surface area contributed by atoms with Crippen molar-refractivity contribution in [3.05, 3.63) is 28.8 Å². The molecule has 0 unspecified atom stereocenters. The minimum Gasteiger partial charge on any atom is -0.508 e. The van der Waals surface area contributed by atoms with E-state index < -0.39 is 0 Å². The average molecular weight is 192 g/mol. The number of hydrogen-bond donors (Lipinski definition) is 3.